The van der Waals surface area contributed by atoms with E-state index in [2.05, 4.69) is 4.98 Å². The number of hydrogen-bond acceptors (Lipinski definition) is 2. The number of rotatable bonds is 0. The molecule has 0 N–H and O–H groups in total. The fourth-order valence-corrected chi connectivity index (χ4v) is 3.77. The molecule has 0 spiro atoms. The average Bonchev–Trinajstić information content (AvgIpc) is 2.97. The van der Waals surface area contributed by atoms with Crippen LogP contribution in [-0.2, 0) is 0 Å². The van der Waals surface area contributed by atoms with Crippen LogP contribution in [0, 0.1) is 0 Å². The molecule has 3 aromatic rings. The van der Waals surface area contributed by atoms with Crippen LogP contribution in [0.3, 0.4) is 0 Å². The first kappa shape index (κ1) is 14.6. The fourth-order valence-electron chi connectivity index (χ4n) is 2.58. The first-order valence-corrected chi connectivity index (χ1v) is 7.89. The van der Waals surface area contributed by atoms with E-state index in [0.29, 0.717) is 27.4 Å². The molecule has 2 heterocycles. The van der Waals surface area contributed by atoms with Crippen molar-refractivity contribution in [2.75, 3.05) is 0 Å². The van der Waals surface area contributed by atoms with Crippen molar-refractivity contribution in [2.45, 2.75) is 0 Å². The Labute approximate surface area is 149 Å². The molecule has 2 aromatic carbocycles. The lowest BCUT2D eigenvalue weighted by atomic mass is 10.1. The Bertz CT molecular complexity index is 1010. The molecule has 1 aliphatic rings. The highest BCUT2D eigenvalue weighted by molar-refractivity contribution is 6.54. The van der Waals surface area contributed by atoms with Gasteiger partial charge in [-0.3, -0.25) is 9.36 Å². The highest BCUT2D eigenvalue weighted by Gasteiger charge is 2.36. The van der Waals surface area contributed by atoms with E-state index in [-0.39, 0.29) is 31.6 Å². The largest absolute Gasteiger partial charge is 0.268 e. The minimum atomic E-state index is -0.347. The lowest BCUT2D eigenvalue weighted by Crippen LogP contribution is -2.06. The van der Waals surface area contributed by atoms with E-state index < -0.39 is 0 Å². The molecule has 0 saturated carbocycles. The van der Waals surface area contributed by atoms with Crippen molar-refractivity contribution < 1.29 is 4.79 Å². The van der Waals surface area contributed by atoms with Crippen LogP contribution in [0.5, 0.6) is 0 Å². The van der Waals surface area contributed by atoms with Crippen LogP contribution >= 0.6 is 58.0 Å². The number of carbonyl (C=O) groups excluding carboxylic acids is 1. The fraction of sp³-hybridized carbons (Fsp3) is 0. The van der Waals surface area contributed by atoms with Crippen LogP contribution in [0.2, 0.25) is 25.1 Å². The van der Waals surface area contributed by atoms with Gasteiger partial charge in [0.05, 0.1) is 42.3 Å². The summed E-state index contributed by atoms with van der Waals surface area (Å²) in [6.45, 7) is 0. The third-order valence-corrected chi connectivity index (χ3v) is 5.56. The molecule has 0 atom stereocenters. The summed E-state index contributed by atoms with van der Waals surface area (Å²) in [4.78, 5) is 17.2. The highest BCUT2D eigenvalue weighted by Crippen LogP contribution is 2.49. The molecule has 8 heteroatoms. The zero-order valence-electron chi connectivity index (χ0n) is 10.4. The predicted octanol–water partition coefficient (Wildman–Crippen LogP) is 5.97. The molecule has 1 aliphatic heterocycles. The number of carbonyl (C=O) groups is 1. The molecule has 0 aliphatic carbocycles. The van der Waals surface area contributed by atoms with E-state index in [1.54, 1.807) is 18.2 Å². The molecule has 3 nitrogen and oxygen atoms in total. The van der Waals surface area contributed by atoms with E-state index in [4.69, 9.17) is 58.0 Å². The van der Waals surface area contributed by atoms with Crippen LogP contribution in [-0.4, -0.2) is 15.5 Å². The summed E-state index contributed by atoms with van der Waals surface area (Å²) >= 11 is 30.5. The predicted molar refractivity (Wildman–Crippen MR) is 89.9 cm³/mol. The van der Waals surface area contributed by atoms with E-state index >= 15 is 0 Å². The van der Waals surface area contributed by atoms with Crippen LogP contribution in [0.15, 0.2) is 18.2 Å². The minimum Gasteiger partial charge on any atom is -0.268 e. The maximum absolute atomic E-state index is 12.7. The second kappa shape index (κ2) is 4.76. The van der Waals surface area contributed by atoms with Crippen molar-refractivity contribution in [1.29, 1.82) is 0 Å². The Balaban J connectivity index is 2.18. The third kappa shape index (κ3) is 1.72. The molecule has 22 heavy (non-hydrogen) atoms. The number of fused-ring (bicyclic) bond motifs is 5. The number of aromatic nitrogens is 2. The van der Waals surface area contributed by atoms with Gasteiger partial charge in [-0.05, 0) is 18.2 Å². The molecule has 0 saturated heterocycles. The van der Waals surface area contributed by atoms with Crippen molar-refractivity contribution in [1.82, 2.24) is 9.55 Å². The van der Waals surface area contributed by atoms with Crippen molar-refractivity contribution >= 4 is 74.9 Å². The second-order valence-electron chi connectivity index (χ2n) is 4.71. The van der Waals surface area contributed by atoms with E-state index in [9.17, 15) is 4.79 Å². The molecule has 0 fully saturated rings. The Morgan fingerprint density at radius 3 is 2.18 bits per heavy atom. The van der Waals surface area contributed by atoms with Crippen molar-refractivity contribution in [3.05, 3.63) is 48.9 Å². The summed E-state index contributed by atoms with van der Waals surface area (Å²) in [6, 6.07) is 5.06. The van der Waals surface area contributed by atoms with Gasteiger partial charge in [0.2, 0.25) is 0 Å². The van der Waals surface area contributed by atoms with Crippen molar-refractivity contribution in [3.63, 3.8) is 0 Å². The van der Waals surface area contributed by atoms with E-state index in [1.807, 2.05) is 0 Å². The summed E-state index contributed by atoms with van der Waals surface area (Å²) in [6.07, 6.45) is 0. The van der Waals surface area contributed by atoms with E-state index in [1.165, 1.54) is 4.57 Å². The van der Waals surface area contributed by atoms with Crippen LogP contribution in [0.4, 0.5) is 0 Å². The highest BCUT2D eigenvalue weighted by atomic mass is 35.5. The molecular formula is C14H3Cl5N2O. The SMILES string of the molecule is O=C1c2c(Cl)c(Cl)c(Cl)c(Cl)c2-c2nc3cc(Cl)ccc3n21. The van der Waals surface area contributed by atoms with Gasteiger partial charge in [-0.25, -0.2) is 4.98 Å². The van der Waals surface area contributed by atoms with Crippen LogP contribution in [0.1, 0.15) is 10.4 Å². The van der Waals surface area contributed by atoms with Gasteiger partial charge in [-0.1, -0.05) is 58.0 Å². The van der Waals surface area contributed by atoms with Gasteiger partial charge in [0.25, 0.3) is 5.91 Å². The number of nitrogens with zero attached hydrogens (tertiary/aromatic N) is 2. The zero-order valence-corrected chi connectivity index (χ0v) is 14.2. The summed E-state index contributed by atoms with van der Waals surface area (Å²) in [5.74, 6) is 0.0306. The number of hydrogen-bond donors (Lipinski definition) is 0. The maximum atomic E-state index is 12.7. The number of imidazole rings is 1. The van der Waals surface area contributed by atoms with Gasteiger partial charge >= 0.3 is 0 Å². The average molecular weight is 392 g/mol. The Morgan fingerprint density at radius 1 is 0.864 bits per heavy atom. The van der Waals surface area contributed by atoms with Gasteiger partial charge in [0.1, 0.15) is 0 Å². The van der Waals surface area contributed by atoms with Gasteiger partial charge < -0.3 is 0 Å². The molecule has 0 bridgehead atoms. The summed E-state index contributed by atoms with van der Waals surface area (Å²) in [5.41, 5.74) is 1.79. The topological polar surface area (TPSA) is 34.9 Å². The molecule has 0 radical (unpaired) electrons. The van der Waals surface area contributed by atoms with Crippen LogP contribution < -0.4 is 0 Å². The molecular weight excluding hydrogens is 389 g/mol. The molecule has 110 valence electrons. The number of benzene rings is 2. The molecule has 0 unspecified atom stereocenters. The van der Waals surface area contributed by atoms with Crippen LogP contribution in [0.25, 0.3) is 22.4 Å². The van der Waals surface area contributed by atoms with Crippen molar-refractivity contribution in [3.8, 4) is 11.4 Å². The number of halogens is 5. The van der Waals surface area contributed by atoms with Gasteiger partial charge in [0.15, 0.2) is 5.82 Å². The maximum Gasteiger partial charge on any atom is 0.266 e. The minimum absolute atomic E-state index is 0.0542. The molecule has 0 amide bonds. The smallest absolute Gasteiger partial charge is 0.266 e. The van der Waals surface area contributed by atoms with Crippen molar-refractivity contribution in [2.24, 2.45) is 0 Å². The van der Waals surface area contributed by atoms with E-state index in [0.717, 1.165) is 0 Å². The third-order valence-electron chi connectivity index (χ3n) is 3.52. The second-order valence-corrected chi connectivity index (χ2v) is 6.66. The summed E-state index contributed by atoms with van der Waals surface area (Å²) in [5, 5.41) is 0.899. The first-order chi connectivity index (χ1) is 10.4. The normalized spacial score (nSPS) is 12.9. The summed E-state index contributed by atoms with van der Waals surface area (Å²) < 4.78 is 1.43. The lowest BCUT2D eigenvalue weighted by molar-refractivity contribution is 0.0973. The Kier molecular flexibility index (Phi) is 3.16. The quantitative estimate of drug-likeness (QED) is 0.273. The standard InChI is InChI=1S/C14H3Cl5N2O/c15-4-1-2-6-5(3-4)20-13-7-8(14(22)21(6)13)10(17)12(19)11(18)9(7)16/h1-3H. The Morgan fingerprint density at radius 2 is 1.50 bits per heavy atom. The Hall–Kier alpha value is -0.970. The van der Waals surface area contributed by atoms with Gasteiger partial charge in [-0.15, -0.1) is 0 Å². The zero-order chi connectivity index (χ0) is 15.8. The summed E-state index contributed by atoms with van der Waals surface area (Å²) in [7, 11) is 0. The first-order valence-electron chi connectivity index (χ1n) is 6.01. The molecule has 4 rings (SSSR count). The molecule has 1 aromatic heterocycles. The van der Waals surface area contributed by atoms with Gasteiger partial charge in [0, 0.05) is 5.02 Å². The lowest BCUT2D eigenvalue weighted by Gasteiger charge is -2.08. The van der Waals surface area contributed by atoms with Gasteiger partial charge in [-0.2, -0.15) is 0 Å². The monoisotopic (exact) mass is 390 g/mol.